The molecule has 0 fully saturated rings. The fourth-order valence-electron chi connectivity index (χ4n) is 0.895. The van der Waals surface area contributed by atoms with Gasteiger partial charge in [-0.15, -0.1) is 11.8 Å². The van der Waals surface area contributed by atoms with Gasteiger partial charge in [-0.2, -0.15) is 0 Å². The minimum atomic E-state index is 1.10. The Morgan fingerprint density at radius 3 is 3.44 bits per heavy atom. The lowest BCUT2D eigenvalue weighted by Crippen LogP contribution is -1.80. The fourth-order valence-corrected chi connectivity index (χ4v) is 1.81. The van der Waals surface area contributed by atoms with Crippen LogP contribution >= 0.6 is 11.8 Å². The summed E-state index contributed by atoms with van der Waals surface area (Å²) in [5.41, 5.74) is 2.71. The van der Waals surface area contributed by atoms with Gasteiger partial charge in [0, 0.05) is 23.9 Å². The highest BCUT2D eigenvalue weighted by atomic mass is 32.2. The van der Waals surface area contributed by atoms with Crippen LogP contribution in [0.15, 0.2) is 18.5 Å². The van der Waals surface area contributed by atoms with Crippen LogP contribution in [-0.2, 0) is 5.75 Å². The van der Waals surface area contributed by atoms with Crippen molar-refractivity contribution in [3.63, 3.8) is 0 Å². The van der Waals surface area contributed by atoms with Gasteiger partial charge in [0.25, 0.3) is 0 Å². The lowest BCUT2D eigenvalue weighted by Gasteiger charge is -1.90. The standard InChI is InChI=1S/C7H6NS/c1-2-8-3-7-5-9-4-6(1)7/h1-4H,5H2. The van der Waals surface area contributed by atoms with E-state index in [0.29, 0.717) is 0 Å². The molecule has 1 nitrogen and oxygen atoms in total. The van der Waals surface area contributed by atoms with E-state index in [0.717, 1.165) is 5.75 Å². The second-order valence-corrected chi connectivity index (χ2v) is 2.86. The maximum absolute atomic E-state index is 4.02. The summed E-state index contributed by atoms with van der Waals surface area (Å²) < 4.78 is 0. The molecule has 2 rings (SSSR count). The van der Waals surface area contributed by atoms with Crippen molar-refractivity contribution in [3.05, 3.63) is 35.3 Å². The first-order valence-electron chi connectivity index (χ1n) is 2.84. The Balaban J connectivity index is 2.54. The quantitative estimate of drug-likeness (QED) is 0.539. The van der Waals surface area contributed by atoms with E-state index >= 15 is 0 Å². The third-order valence-corrected chi connectivity index (χ3v) is 2.29. The zero-order valence-electron chi connectivity index (χ0n) is 4.87. The molecule has 0 unspecified atom stereocenters. The number of fused-ring (bicyclic) bond motifs is 1. The SMILES string of the molecule is [CH]1SCc2cnccc21. The lowest BCUT2D eigenvalue weighted by molar-refractivity contribution is 1.24. The van der Waals surface area contributed by atoms with E-state index in [9.17, 15) is 0 Å². The van der Waals surface area contributed by atoms with Crippen molar-refractivity contribution in [2.45, 2.75) is 5.75 Å². The van der Waals surface area contributed by atoms with Gasteiger partial charge in [0.05, 0.1) is 0 Å². The molecule has 9 heavy (non-hydrogen) atoms. The minimum Gasteiger partial charge on any atom is -0.264 e. The number of thioether (sulfide) groups is 1. The van der Waals surface area contributed by atoms with E-state index < -0.39 is 0 Å². The molecule has 0 aliphatic carbocycles. The number of nitrogens with zero attached hydrogens (tertiary/aromatic N) is 1. The van der Waals surface area contributed by atoms with Gasteiger partial charge in [-0.3, -0.25) is 4.98 Å². The second kappa shape index (κ2) is 2.03. The Kier molecular flexibility index (Phi) is 1.19. The van der Waals surface area contributed by atoms with Crippen LogP contribution in [0.3, 0.4) is 0 Å². The molecule has 45 valence electrons. The van der Waals surface area contributed by atoms with Crippen molar-refractivity contribution in [3.8, 4) is 0 Å². The van der Waals surface area contributed by atoms with Gasteiger partial charge in [-0.25, -0.2) is 0 Å². The first-order chi connectivity index (χ1) is 4.47. The summed E-state index contributed by atoms with van der Waals surface area (Å²) in [6, 6.07) is 2.05. The van der Waals surface area contributed by atoms with Crippen LogP contribution in [0.25, 0.3) is 0 Å². The fraction of sp³-hybridized carbons (Fsp3) is 0.143. The van der Waals surface area contributed by atoms with Gasteiger partial charge < -0.3 is 0 Å². The summed E-state index contributed by atoms with van der Waals surface area (Å²) in [5, 5.41) is 0. The second-order valence-electron chi connectivity index (χ2n) is 2.00. The molecular formula is C7H6NS. The largest absolute Gasteiger partial charge is 0.264 e. The molecule has 2 heterocycles. The molecule has 0 saturated carbocycles. The predicted molar refractivity (Wildman–Crippen MR) is 38.9 cm³/mol. The number of hydrogen-bond donors (Lipinski definition) is 0. The Morgan fingerprint density at radius 1 is 1.56 bits per heavy atom. The zero-order valence-corrected chi connectivity index (χ0v) is 5.69. The first kappa shape index (κ1) is 5.30. The van der Waals surface area contributed by atoms with Crippen molar-refractivity contribution in [2.24, 2.45) is 0 Å². The van der Waals surface area contributed by atoms with Crippen LogP contribution < -0.4 is 0 Å². The van der Waals surface area contributed by atoms with Gasteiger partial charge in [0.1, 0.15) is 0 Å². The topological polar surface area (TPSA) is 12.9 Å². The van der Waals surface area contributed by atoms with Crippen molar-refractivity contribution in [2.75, 3.05) is 0 Å². The summed E-state index contributed by atoms with van der Waals surface area (Å²) in [5.74, 6) is 3.28. The molecule has 1 aromatic heterocycles. The molecule has 0 amide bonds. The van der Waals surface area contributed by atoms with E-state index in [-0.39, 0.29) is 0 Å². The summed E-state index contributed by atoms with van der Waals surface area (Å²) in [7, 11) is 0. The molecule has 1 aliphatic heterocycles. The maximum Gasteiger partial charge on any atom is 0.0464 e. The minimum absolute atomic E-state index is 1.10. The summed E-state index contributed by atoms with van der Waals surface area (Å²) >= 11 is 1.84. The van der Waals surface area contributed by atoms with Gasteiger partial charge in [-0.1, -0.05) is 0 Å². The summed E-state index contributed by atoms with van der Waals surface area (Å²) in [6.07, 6.45) is 3.77. The van der Waals surface area contributed by atoms with E-state index in [1.54, 1.807) is 0 Å². The Morgan fingerprint density at radius 2 is 2.56 bits per heavy atom. The van der Waals surface area contributed by atoms with E-state index in [4.69, 9.17) is 0 Å². The third kappa shape index (κ3) is 0.833. The molecular weight excluding hydrogens is 130 g/mol. The molecule has 0 bridgehead atoms. The molecule has 0 atom stereocenters. The number of aromatic nitrogens is 1. The smallest absolute Gasteiger partial charge is 0.0464 e. The van der Waals surface area contributed by atoms with Gasteiger partial charge in [0.15, 0.2) is 0 Å². The van der Waals surface area contributed by atoms with Crippen LogP contribution in [0, 0.1) is 5.75 Å². The van der Waals surface area contributed by atoms with Gasteiger partial charge in [0.2, 0.25) is 0 Å². The van der Waals surface area contributed by atoms with Crippen LogP contribution in [0.5, 0.6) is 0 Å². The summed E-state index contributed by atoms with van der Waals surface area (Å²) in [6.45, 7) is 0. The normalized spacial score (nSPS) is 15.6. The lowest BCUT2D eigenvalue weighted by atomic mass is 10.2. The highest BCUT2D eigenvalue weighted by Gasteiger charge is 2.09. The van der Waals surface area contributed by atoms with Crippen LogP contribution in [0.1, 0.15) is 11.1 Å². The van der Waals surface area contributed by atoms with Crippen LogP contribution in [0.4, 0.5) is 0 Å². The maximum atomic E-state index is 4.02. The first-order valence-corrected chi connectivity index (χ1v) is 3.89. The Labute approximate surface area is 58.5 Å². The van der Waals surface area contributed by atoms with Crippen molar-refractivity contribution in [1.82, 2.24) is 4.98 Å². The van der Waals surface area contributed by atoms with Gasteiger partial charge >= 0.3 is 0 Å². The van der Waals surface area contributed by atoms with E-state index in [1.165, 1.54) is 11.1 Å². The van der Waals surface area contributed by atoms with Crippen LogP contribution in [-0.4, -0.2) is 4.98 Å². The van der Waals surface area contributed by atoms with Crippen molar-refractivity contribution >= 4 is 11.8 Å². The zero-order chi connectivity index (χ0) is 6.10. The Bertz CT molecular complexity index is 199. The monoisotopic (exact) mass is 136 g/mol. The highest BCUT2D eigenvalue weighted by Crippen LogP contribution is 2.30. The predicted octanol–water partition coefficient (Wildman–Crippen LogP) is 1.84. The average molecular weight is 136 g/mol. The average Bonchev–Trinajstić information content (AvgIpc) is 2.33. The number of hydrogen-bond acceptors (Lipinski definition) is 2. The van der Waals surface area contributed by atoms with Crippen molar-refractivity contribution < 1.29 is 0 Å². The molecule has 0 N–H and O–H groups in total. The highest BCUT2D eigenvalue weighted by molar-refractivity contribution is 8.01. The van der Waals surface area contributed by atoms with Crippen LogP contribution in [0.2, 0.25) is 0 Å². The molecule has 0 spiro atoms. The summed E-state index contributed by atoms with van der Waals surface area (Å²) in [4.78, 5) is 4.02. The van der Waals surface area contributed by atoms with Gasteiger partial charge in [-0.05, 0) is 17.2 Å². The van der Waals surface area contributed by atoms with Crippen molar-refractivity contribution in [1.29, 1.82) is 0 Å². The number of pyridine rings is 1. The molecule has 0 aromatic carbocycles. The molecule has 1 radical (unpaired) electrons. The molecule has 1 aromatic rings. The molecule has 2 heteroatoms. The molecule has 1 aliphatic rings. The van der Waals surface area contributed by atoms with E-state index in [2.05, 4.69) is 16.8 Å². The Hall–Kier alpha value is -0.500. The molecule has 0 saturated heterocycles. The van der Waals surface area contributed by atoms with E-state index in [1.807, 2.05) is 24.2 Å². The number of rotatable bonds is 0. The third-order valence-electron chi connectivity index (χ3n) is 1.39.